The van der Waals surface area contributed by atoms with Crippen molar-refractivity contribution in [3.63, 3.8) is 0 Å². The summed E-state index contributed by atoms with van der Waals surface area (Å²) in [7, 11) is 0. The number of fused-ring (bicyclic) bond motifs is 3. The van der Waals surface area contributed by atoms with Crippen LogP contribution in [0.2, 0.25) is 0 Å². The van der Waals surface area contributed by atoms with Crippen LogP contribution in [-0.2, 0) is 0 Å². The Balaban J connectivity index is 2.33. The van der Waals surface area contributed by atoms with Gasteiger partial charge >= 0.3 is 0 Å². The zero-order valence-electron chi connectivity index (χ0n) is 9.42. The molecule has 0 unspecified atom stereocenters. The van der Waals surface area contributed by atoms with E-state index >= 15 is 0 Å². The Kier molecular flexibility index (Phi) is 2.32. The summed E-state index contributed by atoms with van der Waals surface area (Å²) in [6, 6.07) is 13.6. The Hall–Kier alpha value is -0.830. The number of alkyl halides is 1. The van der Waals surface area contributed by atoms with E-state index in [9.17, 15) is 0 Å². The van der Waals surface area contributed by atoms with Crippen molar-refractivity contribution in [2.45, 2.75) is 17.8 Å². The fourth-order valence-electron chi connectivity index (χ4n) is 2.42. The van der Waals surface area contributed by atoms with E-state index in [0.29, 0.717) is 3.92 Å². The fraction of sp³-hybridized carbons (Fsp3) is 0.200. The minimum atomic E-state index is 0.517. The SMILES string of the molecule is Cc1ccc2c(c1)-c1cc(C)ccc1C2I. The third kappa shape index (κ3) is 1.41. The van der Waals surface area contributed by atoms with Crippen LogP contribution in [0.4, 0.5) is 0 Å². The second kappa shape index (κ2) is 3.59. The molecule has 0 aromatic heterocycles. The topological polar surface area (TPSA) is 0 Å². The summed E-state index contributed by atoms with van der Waals surface area (Å²) in [6.07, 6.45) is 0. The number of aryl methyl sites for hydroxylation is 2. The van der Waals surface area contributed by atoms with Crippen LogP contribution < -0.4 is 0 Å². The lowest BCUT2D eigenvalue weighted by atomic mass is 10.0. The van der Waals surface area contributed by atoms with Crippen molar-refractivity contribution in [2.24, 2.45) is 0 Å². The molecule has 0 amide bonds. The molecular formula is C15H13I. The van der Waals surface area contributed by atoms with Gasteiger partial charge in [-0.15, -0.1) is 0 Å². The number of halogens is 1. The largest absolute Gasteiger partial charge is 0.0721 e. The Labute approximate surface area is 110 Å². The van der Waals surface area contributed by atoms with Crippen LogP contribution in [0.25, 0.3) is 11.1 Å². The van der Waals surface area contributed by atoms with Gasteiger partial charge in [-0.2, -0.15) is 0 Å². The van der Waals surface area contributed by atoms with Crippen molar-refractivity contribution in [3.8, 4) is 11.1 Å². The first-order chi connectivity index (χ1) is 7.66. The van der Waals surface area contributed by atoms with E-state index in [-0.39, 0.29) is 0 Å². The molecule has 2 aromatic rings. The highest BCUT2D eigenvalue weighted by Gasteiger charge is 2.26. The molecule has 0 atom stereocenters. The fourth-order valence-corrected chi connectivity index (χ4v) is 3.50. The molecule has 0 spiro atoms. The summed E-state index contributed by atoms with van der Waals surface area (Å²) in [5.74, 6) is 0. The predicted octanol–water partition coefficient (Wildman–Crippen LogP) is 4.81. The van der Waals surface area contributed by atoms with E-state index in [1.54, 1.807) is 0 Å². The van der Waals surface area contributed by atoms with E-state index < -0.39 is 0 Å². The lowest BCUT2D eigenvalue weighted by Gasteiger charge is -2.04. The van der Waals surface area contributed by atoms with Crippen molar-refractivity contribution < 1.29 is 0 Å². The average Bonchev–Trinajstić information content (AvgIpc) is 2.52. The average molecular weight is 320 g/mol. The molecule has 80 valence electrons. The van der Waals surface area contributed by atoms with Crippen LogP contribution >= 0.6 is 22.6 Å². The molecule has 16 heavy (non-hydrogen) atoms. The molecule has 0 saturated heterocycles. The normalized spacial score (nSPS) is 13.7. The smallest absolute Gasteiger partial charge is 0.0620 e. The zero-order valence-corrected chi connectivity index (χ0v) is 11.6. The van der Waals surface area contributed by atoms with Crippen molar-refractivity contribution in [2.75, 3.05) is 0 Å². The van der Waals surface area contributed by atoms with Gasteiger partial charge in [-0.3, -0.25) is 0 Å². The Bertz CT molecular complexity index is 518. The van der Waals surface area contributed by atoms with Crippen molar-refractivity contribution in [1.29, 1.82) is 0 Å². The highest BCUT2D eigenvalue weighted by molar-refractivity contribution is 14.1. The van der Waals surface area contributed by atoms with Gasteiger partial charge in [0.1, 0.15) is 0 Å². The summed E-state index contributed by atoms with van der Waals surface area (Å²) in [5, 5.41) is 0. The first-order valence-electron chi connectivity index (χ1n) is 5.52. The van der Waals surface area contributed by atoms with Gasteiger partial charge in [0, 0.05) is 0 Å². The molecule has 0 fully saturated rings. The quantitative estimate of drug-likeness (QED) is 0.483. The van der Waals surface area contributed by atoms with E-state index in [2.05, 4.69) is 72.8 Å². The molecule has 1 aliphatic carbocycles. The maximum Gasteiger partial charge on any atom is 0.0620 e. The molecule has 0 saturated carbocycles. The molecule has 0 nitrogen and oxygen atoms in total. The first-order valence-corrected chi connectivity index (χ1v) is 6.77. The lowest BCUT2D eigenvalue weighted by molar-refractivity contribution is 1.26. The van der Waals surface area contributed by atoms with Crippen molar-refractivity contribution >= 4 is 22.6 Å². The molecular weight excluding hydrogens is 307 g/mol. The first kappa shape index (κ1) is 10.3. The van der Waals surface area contributed by atoms with Gasteiger partial charge in [-0.25, -0.2) is 0 Å². The summed E-state index contributed by atoms with van der Waals surface area (Å²) < 4.78 is 0.517. The minimum absolute atomic E-state index is 0.517. The molecule has 0 bridgehead atoms. The van der Waals surface area contributed by atoms with Crippen molar-refractivity contribution in [3.05, 3.63) is 58.7 Å². The Morgan fingerprint density at radius 3 is 1.69 bits per heavy atom. The van der Waals surface area contributed by atoms with Crippen LogP contribution in [0.3, 0.4) is 0 Å². The third-order valence-corrected chi connectivity index (χ3v) is 4.60. The summed E-state index contributed by atoms with van der Waals surface area (Å²) >= 11 is 2.54. The van der Waals surface area contributed by atoms with E-state index in [1.165, 1.54) is 33.4 Å². The van der Waals surface area contributed by atoms with Gasteiger partial charge < -0.3 is 0 Å². The zero-order chi connectivity index (χ0) is 11.3. The Morgan fingerprint density at radius 2 is 1.25 bits per heavy atom. The maximum atomic E-state index is 2.54. The van der Waals surface area contributed by atoms with Crippen molar-refractivity contribution in [1.82, 2.24) is 0 Å². The monoisotopic (exact) mass is 320 g/mol. The number of benzene rings is 2. The molecule has 1 heteroatoms. The molecule has 0 radical (unpaired) electrons. The Morgan fingerprint density at radius 1 is 0.812 bits per heavy atom. The lowest BCUT2D eigenvalue weighted by Crippen LogP contribution is -1.85. The maximum absolute atomic E-state index is 2.54. The van der Waals surface area contributed by atoms with Gasteiger partial charge in [0.2, 0.25) is 0 Å². The third-order valence-electron chi connectivity index (χ3n) is 3.25. The number of hydrogen-bond acceptors (Lipinski definition) is 0. The van der Waals surface area contributed by atoms with Gasteiger partial charge in [0.15, 0.2) is 0 Å². The summed E-state index contributed by atoms with van der Waals surface area (Å²) in [6.45, 7) is 4.33. The van der Waals surface area contributed by atoms with Crippen LogP contribution in [0.1, 0.15) is 26.2 Å². The standard InChI is InChI=1S/C15H13I/c1-9-3-5-11-13(7-9)14-8-10(2)4-6-12(14)15(11)16/h3-8,15H,1-2H3. The molecule has 0 N–H and O–H groups in total. The predicted molar refractivity (Wildman–Crippen MR) is 77.2 cm³/mol. The molecule has 2 aromatic carbocycles. The van der Waals surface area contributed by atoms with Crippen LogP contribution in [-0.4, -0.2) is 0 Å². The summed E-state index contributed by atoms with van der Waals surface area (Å²) in [5.41, 5.74) is 8.48. The van der Waals surface area contributed by atoms with Gasteiger partial charge in [0.25, 0.3) is 0 Å². The molecule has 0 aliphatic heterocycles. The molecule has 0 heterocycles. The highest BCUT2D eigenvalue weighted by atomic mass is 127. The van der Waals surface area contributed by atoms with Gasteiger partial charge in [-0.1, -0.05) is 70.1 Å². The van der Waals surface area contributed by atoms with E-state index in [1.807, 2.05) is 0 Å². The molecule has 1 aliphatic rings. The van der Waals surface area contributed by atoms with Gasteiger partial charge in [0.05, 0.1) is 3.92 Å². The van der Waals surface area contributed by atoms with Crippen LogP contribution in [0, 0.1) is 13.8 Å². The number of rotatable bonds is 0. The minimum Gasteiger partial charge on any atom is -0.0721 e. The van der Waals surface area contributed by atoms with Gasteiger partial charge in [-0.05, 0) is 36.1 Å². The van der Waals surface area contributed by atoms with Crippen LogP contribution in [0.5, 0.6) is 0 Å². The second-order valence-electron chi connectivity index (χ2n) is 4.54. The summed E-state index contributed by atoms with van der Waals surface area (Å²) in [4.78, 5) is 0. The van der Waals surface area contributed by atoms with Crippen LogP contribution in [0.15, 0.2) is 36.4 Å². The second-order valence-corrected chi connectivity index (χ2v) is 5.79. The van der Waals surface area contributed by atoms with E-state index in [0.717, 1.165) is 0 Å². The van der Waals surface area contributed by atoms with E-state index in [4.69, 9.17) is 0 Å². The molecule has 3 rings (SSSR count). The number of hydrogen-bond donors (Lipinski definition) is 0. The highest BCUT2D eigenvalue weighted by Crippen LogP contribution is 2.48.